The van der Waals surface area contributed by atoms with E-state index in [-0.39, 0.29) is 6.07 Å². The van der Waals surface area contributed by atoms with Gasteiger partial charge in [0.05, 0.1) is 11.6 Å². The van der Waals surface area contributed by atoms with Crippen molar-refractivity contribution >= 4 is 0 Å². The molecule has 0 aliphatic rings. The molecular formula is C9H5F4NO. The lowest BCUT2D eigenvalue weighted by atomic mass is 10.0. The fourth-order valence-corrected chi connectivity index (χ4v) is 1.08. The average Bonchev–Trinajstić information content (AvgIpc) is 2.15. The van der Waals surface area contributed by atoms with Gasteiger partial charge >= 0.3 is 6.18 Å². The minimum Gasteiger partial charge on any atom is -0.374 e. The molecule has 1 N–H and O–H groups in total. The first-order chi connectivity index (χ1) is 6.86. The maximum atomic E-state index is 12.6. The maximum Gasteiger partial charge on any atom is 0.416 e. The van der Waals surface area contributed by atoms with Crippen LogP contribution in [0.1, 0.15) is 17.2 Å². The number of aliphatic hydroxyl groups is 1. The standard InChI is InChI=1S/C9H5F4NO/c10-5-1-2-6(8(15)4-14)7(3-5)9(11,12)13/h1-3,8,15H. The van der Waals surface area contributed by atoms with E-state index in [4.69, 9.17) is 10.4 Å². The molecule has 15 heavy (non-hydrogen) atoms. The van der Waals surface area contributed by atoms with Crippen molar-refractivity contribution in [1.29, 1.82) is 5.26 Å². The summed E-state index contributed by atoms with van der Waals surface area (Å²) in [6.45, 7) is 0. The first-order valence-electron chi connectivity index (χ1n) is 3.80. The molecule has 0 aliphatic carbocycles. The summed E-state index contributed by atoms with van der Waals surface area (Å²) in [5, 5.41) is 17.3. The molecule has 0 fully saturated rings. The summed E-state index contributed by atoms with van der Waals surface area (Å²) >= 11 is 0. The molecule has 0 saturated carbocycles. The van der Waals surface area contributed by atoms with Gasteiger partial charge in [0.2, 0.25) is 0 Å². The van der Waals surface area contributed by atoms with Crippen molar-refractivity contribution < 1.29 is 22.7 Å². The predicted octanol–water partition coefficient (Wildman–Crippen LogP) is 2.40. The summed E-state index contributed by atoms with van der Waals surface area (Å²) in [7, 11) is 0. The number of aliphatic hydroxyl groups excluding tert-OH is 1. The van der Waals surface area contributed by atoms with Gasteiger partial charge in [0.25, 0.3) is 0 Å². The van der Waals surface area contributed by atoms with Crippen LogP contribution in [0.2, 0.25) is 0 Å². The van der Waals surface area contributed by atoms with Crippen molar-refractivity contribution in [2.24, 2.45) is 0 Å². The quantitative estimate of drug-likeness (QED) is 0.582. The van der Waals surface area contributed by atoms with Crippen LogP contribution >= 0.6 is 0 Å². The van der Waals surface area contributed by atoms with Gasteiger partial charge in [-0.3, -0.25) is 0 Å². The molecule has 0 bridgehead atoms. The third kappa shape index (κ3) is 2.44. The van der Waals surface area contributed by atoms with Crippen molar-refractivity contribution in [3.05, 3.63) is 35.1 Å². The van der Waals surface area contributed by atoms with Crippen LogP contribution < -0.4 is 0 Å². The highest BCUT2D eigenvalue weighted by Gasteiger charge is 2.35. The summed E-state index contributed by atoms with van der Waals surface area (Å²) in [6, 6.07) is 2.99. The molecule has 1 rings (SSSR count). The Morgan fingerprint density at radius 2 is 1.93 bits per heavy atom. The Morgan fingerprint density at radius 3 is 2.40 bits per heavy atom. The number of rotatable bonds is 1. The van der Waals surface area contributed by atoms with Gasteiger partial charge in [-0.25, -0.2) is 4.39 Å². The van der Waals surface area contributed by atoms with Crippen molar-refractivity contribution in [3.8, 4) is 6.07 Å². The topological polar surface area (TPSA) is 44.0 Å². The largest absolute Gasteiger partial charge is 0.416 e. The van der Waals surface area contributed by atoms with E-state index in [9.17, 15) is 17.6 Å². The Hall–Kier alpha value is -1.61. The summed E-state index contributed by atoms with van der Waals surface area (Å²) in [5.41, 5.74) is -1.98. The average molecular weight is 219 g/mol. The molecule has 0 amide bonds. The number of hydrogen-bond acceptors (Lipinski definition) is 2. The highest BCUT2D eigenvalue weighted by atomic mass is 19.4. The van der Waals surface area contributed by atoms with Gasteiger partial charge in [-0.2, -0.15) is 18.4 Å². The van der Waals surface area contributed by atoms with E-state index in [0.29, 0.717) is 0 Å². The van der Waals surface area contributed by atoms with Gasteiger partial charge < -0.3 is 5.11 Å². The first-order valence-corrected chi connectivity index (χ1v) is 3.80. The van der Waals surface area contributed by atoms with Crippen molar-refractivity contribution in [2.45, 2.75) is 12.3 Å². The summed E-state index contributed by atoms with van der Waals surface area (Å²) in [4.78, 5) is 0. The lowest BCUT2D eigenvalue weighted by Crippen LogP contribution is -2.11. The van der Waals surface area contributed by atoms with Gasteiger partial charge in [-0.05, 0) is 12.1 Å². The molecular weight excluding hydrogens is 214 g/mol. The number of nitrogens with zero attached hydrogens (tertiary/aromatic N) is 1. The van der Waals surface area contributed by atoms with Crippen molar-refractivity contribution in [3.63, 3.8) is 0 Å². The Morgan fingerprint density at radius 1 is 1.33 bits per heavy atom. The lowest BCUT2D eigenvalue weighted by Gasteiger charge is -2.13. The zero-order valence-electron chi connectivity index (χ0n) is 7.22. The van der Waals surface area contributed by atoms with Crippen molar-refractivity contribution in [1.82, 2.24) is 0 Å². The number of nitriles is 1. The number of alkyl halides is 3. The van der Waals surface area contributed by atoms with E-state index in [0.717, 1.165) is 12.1 Å². The molecule has 6 heteroatoms. The zero-order valence-corrected chi connectivity index (χ0v) is 7.22. The lowest BCUT2D eigenvalue weighted by molar-refractivity contribution is -0.139. The van der Waals surface area contributed by atoms with E-state index in [2.05, 4.69) is 0 Å². The van der Waals surface area contributed by atoms with E-state index in [1.807, 2.05) is 0 Å². The molecule has 0 saturated heterocycles. The Labute approximate surface area is 82.4 Å². The van der Waals surface area contributed by atoms with Gasteiger partial charge in [0, 0.05) is 5.56 Å². The first kappa shape index (κ1) is 11.5. The Bertz CT molecular complexity index is 408. The number of benzene rings is 1. The molecule has 1 aromatic rings. The van der Waals surface area contributed by atoms with Crippen LogP contribution in [0.25, 0.3) is 0 Å². The molecule has 1 atom stereocenters. The number of halogens is 4. The minimum absolute atomic E-state index is 0.246. The second kappa shape index (κ2) is 3.87. The SMILES string of the molecule is N#CC(O)c1ccc(F)cc1C(F)(F)F. The highest BCUT2D eigenvalue weighted by Crippen LogP contribution is 2.34. The fraction of sp³-hybridized carbons (Fsp3) is 0.222. The monoisotopic (exact) mass is 219 g/mol. The van der Waals surface area contributed by atoms with E-state index in [1.165, 1.54) is 6.07 Å². The van der Waals surface area contributed by atoms with Crippen LogP contribution in [-0.2, 0) is 6.18 Å². The maximum absolute atomic E-state index is 12.6. The summed E-state index contributed by atoms with van der Waals surface area (Å²) in [6.07, 6.45) is -6.71. The third-order valence-electron chi connectivity index (χ3n) is 1.74. The summed E-state index contributed by atoms with van der Waals surface area (Å²) in [5.74, 6) is -1.07. The molecule has 2 nitrogen and oxygen atoms in total. The second-order valence-electron chi connectivity index (χ2n) is 2.76. The fourth-order valence-electron chi connectivity index (χ4n) is 1.08. The molecule has 1 aromatic carbocycles. The summed E-state index contributed by atoms with van der Waals surface area (Å²) < 4.78 is 49.6. The van der Waals surface area contributed by atoms with Crippen LogP contribution in [0.3, 0.4) is 0 Å². The van der Waals surface area contributed by atoms with Crippen LogP contribution in [0.15, 0.2) is 18.2 Å². The van der Waals surface area contributed by atoms with E-state index < -0.39 is 29.2 Å². The van der Waals surface area contributed by atoms with E-state index in [1.54, 1.807) is 0 Å². The Kier molecular flexibility index (Phi) is 2.95. The smallest absolute Gasteiger partial charge is 0.374 e. The molecule has 0 spiro atoms. The third-order valence-corrected chi connectivity index (χ3v) is 1.74. The van der Waals surface area contributed by atoms with Gasteiger partial charge in [0.15, 0.2) is 6.10 Å². The minimum atomic E-state index is -4.80. The molecule has 0 heterocycles. The van der Waals surface area contributed by atoms with Gasteiger partial charge in [0.1, 0.15) is 5.82 Å². The normalized spacial score (nSPS) is 13.3. The van der Waals surface area contributed by atoms with Crippen LogP contribution in [-0.4, -0.2) is 5.11 Å². The van der Waals surface area contributed by atoms with Crippen LogP contribution in [0, 0.1) is 17.1 Å². The second-order valence-corrected chi connectivity index (χ2v) is 2.76. The predicted molar refractivity (Wildman–Crippen MR) is 42.0 cm³/mol. The van der Waals surface area contributed by atoms with Crippen molar-refractivity contribution in [2.75, 3.05) is 0 Å². The molecule has 1 unspecified atom stereocenters. The Balaban J connectivity index is 3.35. The molecule has 0 radical (unpaired) electrons. The zero-order chi connectivity index (χ0) is 11.6. The van der Waals surface area contributed by atoms with Crippen LogP contribution in [0.5, 0.6) is 0 Å². The van der Waals surface area contributed by atoms with E-state index >= 15 is 0 Å². The number of hydrogen-bond donors (Lipinski definition) is 1. The van der Waals surface area contributed by atoms with Gasteiger partial charge in [-0.1, -0.05) is 6.07 Å². The molecule has 0 aliphatic heterocycles. The van der Waals surface area contributed by atoms with Gasteiger partial charge in [-0.15, -0.1) is 0 Å². The molecule has 0 aromatic heterocycles. The highest BCUT2D eigenvalue weighted by molar-refractivity contribution is 5.34. The van der Waals surface area contributed by atoms with Crippen LogP contribution in [0.4, 0.5) is 17.6 Å². The molecule has 80 valence electrons.